The number of pyridine rings is 1. The van der Waals surface area contributed by atoms with Crippen LogP contribution in [0.1, 0.15) is 28.7 Å². The minimum atomic E-state index is -1.31. The summed E-state index contributed by atoms with van der Waals surface area (Å²) < 4.78 is 3.42. The van der Waals surface area contributed by atoms with Gasteiger partial charge in [0.1, 0.15) is 5.56 Å². The first-order chi connectivity index (χ1) is 13.2. The summed E-state index contributed by atoms with van der Waals surface area (Å²) in [7, 11) is 0. The van der Waals surface area contributed by atoms with E-state index in [1.807, 2.05) is 13.8 Å². The van der Waals surface area contributed by atoms with E-state index >= 15 is 0 Å². The Hall–Kier alpha value is -2.28. The minimum Gasteiger partial charge on any atom is -0.477 e. The predicted molar refractivity (Wildman–Crippen MR) is 110 cm³/mol. The van der Waals surface area contributed by atoms with Crippen LogP contribution in [0.15, 0.2) is 35.1 Å². The van der Waals surface area contributed by atoms with Gasteiger partial charge in [-0.1, -0.05) is 40.9 Å². The average Bonchev–Trinajstić information content (AvgIpc) is 2.93. The van der Waals surface area contributed by atoms with Crippen LogP contribution in [0.3, 0.4) is 0 Å². The fourth-order valence-corrected chi connectivity index (χ4v) is 3.67. The van der Waals surface area contributed by atoms with Crippen molar-refractivity contribution in [1.82, 2.24) is 14.3 Å². The van der Waals surface area contributed by atoms with Gasteiger partial charge in [0.25, 0.3) is 0 Å². The lowest BCUT2D eigenvalue weighted by atomic mass is 10.0. The minimum absolute atomic E-state index is 0.260. The van der Waals surface area contributed by atoms with E-state index in [1.165, 1.54) is 6.07 Å². The smallest absolute Gasteiger partial charge is 0.341 e. The number of aromatic nitrogens is 3. The zero-order valence-electron chi connectivity index (χ0n) is 15.0. The van der Waals surface area contributed by atoms with Gasteiger partial charge in [-0.05, 0) is 32.0 Å². The van der Waals surface area contributed by atoms with E-state index in [0.29, 0.717) is 28.0 Å². The molecule has 0 aliphatic carbocycles. The second-order valence-electron chi connectivity index (χ2n) is 6.17. The number of aromatic carboxylic acids is 1. The second kappa shape index (κ2) is 7.99. The van der Waals surface area contributed by atoms with Gasteiger partial charge in [0, 0.05) is 29.6 Å². The monoisotopic (exact) mass is 439 g/mol. The third kappa shape index (κ3) is 3.81. The molecular weight excluding hydrogens is 425 g/mol. The number of nitrogens with zero attached hydrogens (tertiary/aromatic N) is 3. The van der Waals surface area contributed by atoms with Gasteiger partial charge >= 0.3 is 5.97 Å². The molecule has 0 aliphatic heterocycles. The summed E-state index contributed by atoms with van der Waals surface area (Å²) in [6, 6.07) is 7.79. The molecule has 0 aliphatic rings. The first kappa shape index (κ1) is 20.5. The molecule has 3 rings (SSSR count). The normalized spacial score (nSPS) is 11.0. The summed E-state index contributed by atoms with van der Waals surface area (Å²) in [5, 5.41) is 14.8. The van der Waals surface area contributed by atoms with E-state index in [2.05, 4.69) is 5.10 Å². The standard InChI is InChI=1S/C19H16Cl3N3O3/c1-3-24-12(9-25-10(2)6-16(22)23-25)8-15(26)17(19(27)28)18(24)11-4-5-13(20)14(21)7-11/h4-8H,3,9H2,1-2H3,(H,27,28). The molecule has 146 valence electrons. The van der Waals surface area contributed by atoms with Gasteiger partial charge < -0.3 is 9.67 Å². The zero-order valence-corrected chi connectivity index (χ0v) is 17.3. The van der Waals surface area contributed by atoms with Gasteiger partial charge in [0.15, 0.2) is 10.6 Å². The summed E-state index contributed by atoms with van der Waals surface area (Å²) in [5.74, 6) is -1.31. The van der Waals surface area contributed by atoms with E-state index in [9.17, 15) is 14.7 Å². The number of carbonyl (C=O) groups is 1. The first-order valence-corrected chi connectivity index (χ1v) is 9.51. The fourth-order valence-electron chi connectivity index (χ4n) is 3.12. The Labute approximate surface area is 175 Å². The Balaban J connectivity index is 2.30. The second-order valence-corrected chi connectivity index (χ2v) is 7.37. The Morgan fingerprint density at radius 3 is 2.39 bits per heavy atom. The predicted octanol–water partition coefficient (Wildman–Crippen LogP) is 4.75. The van der Waals surface area contributed by atoms with Crippen LogP contribution in [0, 0.1) is 6.92 Å². The van der Waals surface area contributed by atoms with Crippen LogP contribution in [-0.2, 0) is 13.1 Å². The number of carboxylic acid groups (broad SMARTS) is 1. The maximum atomic E-state index is 12.7. The van der Waals surface area contributed by atoms with Crippen molar-refractivity contribution in [3.8, 4) is 11.3 Å². The van der Waals surface area contributed by atoms with Crippen LogP contribution in [0.2, 0.25) is 15.2 Å². The lowest BCUT2D eigenvalue weighted by Crippen LogP contribution is -2.24. The Morgan fingerprint density at radius 2 is 1.86 bits per heavy atom. The van der Waals surface area contributed by atoms with Crippen molar-refractivity contribution >= 4 is 40.8 Å². The molecule has 28 heavy (non-hydrogen) atoms. The van der Waals surface area contributed by atoms with Crippen LogP contribution in [0.5, 0.6) is 0 Å². The van der Waals surface area contributed by atoms with E-state index in [0.717, 1.165) is 5.69 Å². The van der Waals surface area contributed by atoms with Crippen molar-refractivity contribution in [3.63, 3.8) is 0 Å². The summed E-state index contributed by atoms with van der Waals surface area (Å²) >= 11 is 18.1. The Bertz CT molecular complexity index is 1140. The average molecular weight is 441 g/mol. The highest BCUT2D eigenvalue weighted by Gasteiger charge is 2.22. The van der Waals surface area contributed by atoms with Crippen LogP contribution in [-0.4, -0.2) is 25.4 Å². The lowest BCUT2D eigenvalue weighted by molar-refractivity contribution is 0.0695. The third-order valence-electron chi connectivity index (χ3n) is 4.38. The molecule has 0 saturated carbocycles. The fraction of sp³-hybridized carbons (Fsp3) is 0.211. The molecule has 0 amide bonds. The topological polar surface area (TPSA) is 77.1 Å². The summed E-state index contributed by atoms with van der Waals surface area (Å²) in [6.45, 7) is 4.40. The molecule has 6 nitrogen and oxygen atoms in total. The molecule has 0 saturated heterocycles. The molecular formula is C19H16Cl3N3O3. The summed E-state index contributed by atoms with van der Waals surface area (Å²) in [5.41, 5.74) is 1.26. The van der Waals surface area contributed by atoms with E-state index in [-0.39, 0.29) is 22.8 Å². The van der Waals surface area contributed by atoms with Crippen molar-refractivity contribution in [2.75, 3.05) is 0 Å². The molecule has 0 spiro atoms. The number of halogens is 3. The van der Waals surface area contributed by atoms with Gasteiger partial charge in [-0.2, -0.15) is 5.10 Å². The molecule has 1 aromatic carbocycles. The number of hydrogen-bond donors (Lipinski definition) is 1. The Kier molecular flexibility index (Phi) is 5.84. The quantitative estimate of drug-likeness (QED) is 0.621. The number of aryl methyl sites for hydroxylation is 1. The third-order valence-corrected chi connectivity index (χ3v) is 5.31. The van der Waals surface area contributed by atoms with Gasteiger partial charge in [-0.3, -0.25) is 9.48 Å². The molecule has 2 aromatic heterocycles. The maximum absolute atomic E-state index is 12.7. The Morgan fingerprint density at radius 1 is 1.14 bits per heavy atom. The van der Waals surface area contributed by atoms with E-state index in [1.54, 1.807) is 33.5 Å². The maximum Gasteiger partial charge on any atom is 0.341 e. The lowest BCUT2D eigenvalue weighted by Gasteiger charge is -2.20. The molecule has 3 aromatic rings. The highest BCUT2D eigenvalue weighted by Crippen LogP contribution is 2.30. The van der Waals surface area contributed by atoms with Crippen LogP contribution < -0.4 is 5.43 Å². The van der Waals surface area contributed by atoms with E-state index < -0.39 is 11.4 Å². The molecule has 0 radical (unpaired) electrons. The van der Waals surface area contributed by atoms with E-state index in [4.69, 9.17) is 34.8 Å². The molecule has 0 unspecified atom stereocenters. The van der Waals surface area contributed by atoms with Crippen molar-refractivity contribution in [3.05, 3.63) is 72.7 Å². The van der Waals surface area contributed by atoms with Gasteiger partial charge in [-0.25, -0.2) is 4.79 Å². The number of hydrogen-bond acceptors (Lipinski definition) is 3. The molecule has 9 heteroatoms. The molecule has 0 bridgehead atoms. The molecule has 1 N–H and O–H groups in total. The summed E-state index contributed by atoms with van der Waals surface area (Å²) in [4.78, 5) is 24.5. The SMILES string of the molecule is CCn1c(Cn2nc(Cl)cc2C)cc(=O)c(C(=O)O)c1-c1ccc(Cl)c(Cl)c1. The summed E-state index contributed by atoms with van der Waals surface area (Å²) in [6.07, 6.45) is 0. The number of benzene rings is 1. The van der Waals surface area contributed by atoms with Crippen molar-refractivity contribution in [2.45, 2.75) is 26.9 Å². The number of carboxylic acids is 1. The molecule has 0 atom stereocenters. The molecule has 2 heterocycles. The number of rotatable bonds is 5. The highest BCUT2D eigenvalue weighted by molar-refractivity contribution is 6.42. The van der Waals surface area contributed by atoms with Crippen molar-refractivity contribution in [2.24, 2.45) is 0 Å². The zero-order chi connectivity index (χ0) is 20.6. The largest absolute Gasteiger partial charge is 0.477 e. The van der Waals surface area contributed by atoms with Gasteiger partial charge in [0.05, 0.1) is 22.3 Å². The first-order valence-electron chi connectivity index (χ1n) is 8.38. The van der Waals surface area contributed by atoms with Crippen molar-refractivity contribution < 1.29 is 9.90 Å². The van der Waals surface area contributed by atoms with Crippen molar-refractivity contribution in [1.29, 1.82) is 0 Å². The van der Waals surface area contributed by atoms with Crippen LogP contribution >= 0.6 is 34.8 Å². The van der Waals surface area contributed by atoms with Gasteiger partial charge in [0.2, 0.25) is 0 Å². The van der Waals surface area contributed by atoms with Crippen LogP contribution in [0.25, 0.3) is 11.3 Å². The van der Waals surface area contributed by atoms with Crippen LogP contribution in [0.4, 0.5) is 0 Å². The van der Waals surface area contributed by atoms with Gasteiger partial charge in [-0.15, -0.1) is 0 Å². The highest BCUT2D eigenvalue weighted by atomic mass is 35.5. The molecule has 0 fully saturated rings.